The van der Waals surface area contributed by atoms with E-state index in [1.165, 1.54) is 22.0 Å². The molecule has 1 aromatic heterocycles. The molecule has 0 bridgehead atoms. The van der Waals surface area contributed by atoms with E-state index >= 15 is 0 Å². The third-order valence-electron chi connectivity index (χ3n) is 5.31. The van der Waals surface area contributed by atoms with Crippen molar-refractivity contribution in [2.75, 3.05) is 41.5 Å². The normalized spacial score (nSPS) is 11.1. The van der Waals surface area contributed by atoms with Crippen molar-refractivity contribution >= 4 is 40.8 Å². The molecule has 3 N–H and O–H groups in total. The number of H-pyrrole nitrogens is 1. The summed E-state index contributed by atoms with van der Waals surface area (Å²) in [4.78, 5) is 7.68. The minimum Gasteiger partial charge on any atom is -0.493 e. The Kier molecular flexibility index (Phi) is 9.96. The summed E-state index contributed by atoms with van der Waals surface area (Å²) >= 11 is 0. The second-order valence-electron chi connectivity index (χ2n) is 7.28. The first kappa shape index (κ1) is 25.6. The van der Waals surface area contributed by atoms with Crippen LogP contribution in [0.4, 0.5) is 0 Å². The van der Waals surface area contributed by atoms with E-state index in [0.29, 0.717) is 23.8 Å². The molecule has 1 heterocycles. The molecule has 2 aromatic carbocycles. The highest BCUT2D eigenvalue weighted by Crippen LogP contribution is 2.39. The van der Waals surface area contributed by atoms with Crippen molar-refractivity contribution in [3.8, 4) is 17.2 Å². The van der Waals surface area contributed by atoms with Crippen molar-refractivity contribution in [2.45, 2.75) is 19.8 Å². The Morgan fingerprint density at radius 2 is 1.59 bits per heavy atom. The SMILES string of the molecule is CN=C(NCCc1ccc(OC)c(OC)c1OC)NCCc1c[nH]c2cc(C)ccc12.I. The zero-order valence-electron chi connectivity index (χ0n) is 19.4. The molecule has 7 nitrogen and oxygen atoms in total. The number of aromatic amines is 1. The molecule has 0 fully saturated rings. The zero-order valence-corrected chi connectivity index (χ0v) is 21.7. The summed E-state index contributed by atoms with van der Waals surface area (Å²) in [7, 11) is 6.65. The minimum absolute atomic E-state index is 0. The molecule has 0 spiro atoms. The Morgan fingerprint density at radius 3 is 2.22 bits per heavy atom. The average molecular weight is 552 g/mol. The van der Waals surface area contributed by atoms with Gasteiger partial charge in [0.25, 0.3) is 0 Å². The van der Waals surface area contributed by atoms with E-state index in [0.717, 1.165) is 30.9 Å². The molecule has 0 amide bonds. The molecule has 3 aromatic rings. The quantitative estimate of drug-likeness (QED) is 0.212. The number of aromatic nitrogens is 1. The van der Waals surface area contributed by atoms with Crippen molar-refractivity contribution < 1.29 is 14.2 Å². The number of methoxy groups -OCH3 is 3. The summed E-state index contributed by atoms with van der Waals surface area (Å²) in [5.74, 6) is 2.73. The number of aryl methyl sites for hydroxylation is 1. The van der Waals surface area contributed by atoms with Gasteiger partial charge >= 0.3 is 0 Å². The molecule has 3 rings (SSSR count). The van der Waals surface area contributed by atoms with Gasteiger partial charge in [-0.3, -0.25) is 4.99 Å². The molecule has 174 valence electrons. The van der Waals surface area contributed by atoms with E-state index in [-0.39, 0.29) is 24.0 Å². The molecular weight excluding hydrogens is 519 g/mol. The van der Waals surface area contributed by atoms with Gasteiger partial charge in [-0.15, -0.1) is 24.0 Å². The lowest BCUT2D eigenvalue weighted by atomic mass is 10.1. The third kappa shape index (κ3) is 5.99. The van der Waals surface area contributed by atoms with Gasteiger partial charge in [-0.1, -0.05) is 18.2 Å². The molecule has 0 unspecified atom stereocenters. The molecule has 0 saturated heterocycles. The predicted molar refractivity (Wildman–Crippen MR) is 141 cm³/mol. The summed E-state index contributed by atoms with van der Waals surface area (Å²) in [5.41, 5.74) is 4.78. The van der Waals surface area contributed by atoms with E-state index in [1.807, 2.05) is 12.1 Å². The van der Waals surface area contributed by atoms with E-state index in [2.05, 4.69) is 51.9 Å². The maximum absolute atomic E-state index is 5.56. The summed E-state index contributed by atoms with van der Waals surface area (Å²) in [5, 5.41) is 8.03. The molecule has 0 atom stereocenters. The van der Waals surface area contributed by atoms with Crippen LogP contribution < -0.4 is 24.8 Å². The Hall–Kier alpha value is -2.62. The van der Waals surface area contributed by atoms with Crippen LogP contribution in [0.1, 0.15) is 16.7 Å². The van der Waals surface area contributed by atoms with Crippen LogP contribution in [0, 0.1) is 6.92 Å². The van der Waals surface area contributed by atoms with E-state index in [1.54, 1.807) is 28.4 Å². The number of hydrogen-bond donors (Lipinski definition) is 3. The van der Waals surface area contributed by atoms with Crippen molar-refractivity contribution in [2.24, 2.45) is 4.99 Å². The first-order chi connectivity index (χ1) is 15.1. The Balaban J connectivity index is 0.00000363. The van der Waals surface area contributed by atoms with Gasteiger partial charge in [-0.05, 0) is 43.0 Å². The highest BCUT2D eigenvalue weighted by molar-refractivity contribution is 14.0. The smallest absolute Gasteiger partial charge is 0.203 e. The monoisotopic (exact) mass is 552 g/mol. The van der Waals surface area contributed by atoms with Gasteiger partial charge in [0, 0.05) is 42.8 Å². The summed E-state index contributed by atoms with van der Waals surface area (Å²) < 4.78 is 16.4. The number of nitrogens with one attached hydrogen (secondary N) is 3. The average Bonchev–Trinajstić information content (AvgIpc) is 3.19. The third-order valence-corrected chi connectivity index (χ3v) is 5.31. The highest BCUT2D eigenvalue weighted by Gasteiger charge is 2.15. The van der Waals surface area contributed by atoms with Crippen LogP contribution in [0.2, 0.25) is 0 Å². The maximum Gasteiger partial charge on any atom is 0.203 e. The molecule has 8 heteroatoms. The second-order valence-corrected chi connectivity index (χ2v) is 7.28. The van der Waals surface area contributed by atoms with E-state index < -0.39 is 0 Å². The van der Waals surface area contributed by atoms with Crippen LogP contribution >= 0.6 is 24.0 Å². The maximum atomic E-state index is 5.56. The lowest BCUT2D eigenvalue weighted by molar-refractivity contribution is 0.322. The number of fused-ring (bicyclic) bond motifs is 1. The van der Waals surface area contributed by atoms with Gasteiger partial charge in [-0.25, -0.2) is 0 Å². The molecule has 0 saturated carbocycles. The standard InChI is InChI=1S/C24H32N4O3.HI/c1-16-6-8-19-18(15-28-20(19)14-16)11-13-27-24(25-2)26-12-10-17-7-9-21(29-3)23(31-5)22(17)30-4;/h6-9,14-15,28H,10-13H2,1-5H3,(H2,25,26,27);1H. The molecule has 0 radical (unpaired) electrons. The van der Waals surface area contributed by atoms with Crippen molar-refractivity contribution in [1.82, 2.24) is 15.6 Å². The lowest BCUT2D eigenvalue weighted by Gasteiger charge is -2.16. The second kappa shape index (κ2) is 12.4. The zero-order chi connectivity index (χ0) is 22.2. The molecule has 0 aliphatic carbocycles. The molecule has 0 aliphatic rings. The Morgan fingerprint density at radius 1 is 0.906 bits per heavy atom. The van der Waals surface area contributed by atoms with Crippen molar-refractivity contribution in [1.29, 1.82) is 0 Å². The molecular formula is C24H33IN4O3. The van der Waals surface area contributed by atoms with Crippen LogP contribution in [0.15, 0.2) is 41.5 Å². The summed E-state index contributed by atoms with van der Waals surface area (Å²) in [6.45, 7) is 3.60. The summed E-state index contributed by atoms with van der Waals surface area (Å²) in [6.07, 6.45) is 3.75. The van der Waals surface area contributed by atoms with Gasteiger partial charge in [0.2, 0.25) is 5.75 Å². The first-order valence-corrected chi connectivity index (χ1v) is 10.4. The fraction of sp³-hybridized carbons (Fsp3) is 0.375. The van der Waals surface area contributed by atoms with Gasteiger partial charge in [0.05, 0.1) is 21.3 Å². The van der Waals surface area contributed by atoms with Gasteiger partial charge < -0.3 is 29.8 Å². The van der Waals surface area contributed by atoms with E-state index in [9.17, 15) is 0 Å². The van der Waals surface area contributed by atoms with Crippen LogP contribution in [0.3, 0.4) is 0 Å². The number of halogens is 1. The number of rotatable bonds is 9. The van der Waals surface area contributed by atoms with Crippen LogP contribution in [-0.4, -0.2) is 52.4 Å². The number of hydrogen-bond acceptors (Lipinski definition) is 4. The minimum atomic E-state index is 0. The first-order valence-electron chi connectivity index (χ1n) is 10.4. The van der Waals surface area contributed by atoms with Crippen LogP contribution in [0.25, 0.3) is 10.9 Å². The lowest BCUT2D eigenvalue weighted by Crippen LogP contribution is -2.39. The Bertz CT molecular complexity index is 1050. The number of nitrogens with zero attached hydrogens (tertiary/aromatic N) is 1. The van der Waals surface area contributed by atoms with Gasteiger partial charge in [0.15, 0.2) is 17.5 Å². The topological polar surface area (TPSA) is 79.9 Å². The number of ether oxygens (including phenoxy) is 3. The van der Waals surface area contributed by atoms with Crippen molar-refractivity contribution in [3.05, 3.63) is 53.2 Å². The molecule has 32 heavy (non-hydrogen) atoms. The predicted octanol–water partition coefficient (Wildman–Crippen LogP) is 4.07. The van der Waals surface area contributed by atoms with Crippen LogP contribution in [0.5, 0.6) is 17.2 Å². The fourth-order valence-corrected chi connectivity index (χ4v) is 3.72. The highest BCUT2D eigenvalue weighted by atomic mass is 127. The van der Waals surface area contributed by atoms with Gasteiger partial charge in [-0.2, -0.15) is 0 Å². The number of aliphatic imine (C=N–C) groups is 1. The van der Waals surface area contributed by atoms with Gasteiger partial charge in [0.1, 0.15) is 0 Å². The number of benzene rings is 2. The van der Waals surface area contributed by atoms with E-state index in [4.69, 9.17) is 14.2 Å². The fourth-order valence-electron chi connectivity index (χ4n) is 3.72. The van der Waals surface area contributed by atoms with Crippen molar-refractivity contribution in [3.63, 3.8) is 0 Å². The molecule has 0 aliphatic heterocycles. The largest absolute Gasteiger partial charge is 0.493 e. The summed E-state index contributed by atoms with van der Waals surface area (Å²) in [6, 6.07) is 10.4. The van der Waals surface area contributed by atoms with Crippen LogP contribution in [-0.2, 0) is 12.8 Å². The Labute approximate surface area is 207 Å². The number of guanidine groups is 1.